The largest absolute Gasteiger partial charge is 0.383 e. The molecular formula is C11H17N5S. The SMILES string of the molecule is CC(C)SCCCn1ncc2c(N)ncnc21. The van der Waals surface area contributed by atoms with Crippen LogP contribution in [0.1, 0.15) is 20.3 Å². The van der Waals surface area contributed by atoms with E-state index in [-0.39, 0.29) is 0 Å². The zero-order valence-electron chi connectivity index (χ0n) is 10.1. The first-order valence-corrected chi connectivity index (χ1v) is 6.77. The maximum atomic E-state index is 5.76. The topological polar surface area (TPSA) is 69.6 Å². The Kier molecular flexibility index (Phi) is 3.83. The smallest absolute Gasteiger partial charge is 0.163 e. The number of thioether (sulfide) groups is 1. The van der Waals surface area contributed by atoms with Gasteiger partial charge in [-0.1, -0.05) is 13.8 Å². The molecule has 2 heterocycles. The van der Waals surface area contributed by atoms with Crippen molar-refractivity contribution in [3.63, 3.8) is 0 Å². The Labute approximate surface area is 105 Å². The first kappa shape index (κ1) is 12.2. The van der Waals surface area contributed by atoms with Crippen molar-refractivity contribution in [2.24, 2.45) is 0 Å². The predicted octanol–water partition coefficient (Wildman–Crippen LogP) is 1.94. The number of nitrogens with two attached hydrogens (primary N) is 1. The van der Waals surface area contributed by atoms with Gasteiger partial charge in [-0.05, 0) is 17.4 Å². The summed E-state index contributed by atoms with van der Waals surface area (Å²) >= 11 is 1.96. The number of nitrogen functional groups attached to an aromatic ring is 1. The van der Waals surface area contributed by atoms with Gasteiger partial charge in [0, 0.05) is 6.54 Å². The van der Waals surface area contributed by atoms with Crippen molar-refractivity contribution in [3.05, 3.63) is 12.5 Å². The third-order valence-corrected chi connectivity index (χ3v) is 3.62. The summed E-state index contributed by atoms with van der Waals surface area (Å²) in [4.78, 5) is 8.17. The van der Waals surface area contributed by atoms with Gasteiger partial charge >= 0.3 is 0 Å². The van der Waals surface area contributed by atoms with Crippen LogP contribution < -0.4 is 5.73 Å². The highest BCUT2D eigenvalue weighted by molar-refractivity contribution is 7.99. The second-order valence-corrected chi connectivity index (χ2v) is 5.82. The molecule has 6 heteroatoms. The van der Waals surface area contributed by atoms with Crippen molar-refractivity contribution in [3.8, 4) is 0 Å². The van der Waals surface area contributed by atoms with E-state index in [1.165, 1.54) is 6.33 Å². The minimum atomic E-state index is 0.498. The molecule has 2 rings (SSSR count). The van der Waals surface area contributed by atoms with E-state index < -0.39 is 0 Å². The highest BCUT2D eigenvalue weighted by Crippen LogP contribution is 2.16. The van der Waals surface area contributed by atoms with Gasteiger partial charge in [0.15, 0.2) is 5.65 Å². The normalized spacial score (nSPS) is 11.5. The lowest BCUT2D eigenvalue weighted by Crippen LogP contribution is -2.03. The minimum absolute atomic E-state index is 0.498. The first-order valence-electron chi connectivity index (χ1n) is 5.72. The van der Waals surface area contributed by atoms with Gasteiger partial charge < -0.3 is 5.73 Å². The molecule has 0 amide bonds. The van der Waals surface area contributed by atoms with Crippen molar-refractivity contribution in [2.45, 2.75) is 32.1 Å². The summed E-state index contributed by atoms with van der Waals surface area (Å²) in [7, 11) is 0. The van der Waals surface area contributed by atoms with Gasteiger partial charge in [-0.3, -0.25) is 0 Å². The van der Waals surface area contributed by atoms with Gasteiger partial charge in [0.25, 0.3) is 0 Å². The molecule has 0 unspecified atom stereocenters. The van der Waals surface area contributed by atoms with Crippen molar-refractivity contribution >= 4 is 28.6 Å². The Morgan fingerprint density at radius 2 is 2.24 bits per heavy atom. The number of fused-ring (bicyclic) bond motifs is 1. The van der Waals surface area contributed by atoms with Crippen LogP contribution in [0.4, 0.5) is 5.82 Å². The predicted molar refractivity (Wildman–Crippen MR) is 71.9 cm³/mol. The fourth-order valence-corrected chi connectivity index (χ4v) is 2.38. The highest BCUT2D eigenvalue weighted by atomic mass is 32.2. The van der Waals surface area contributed by atoms with Crippen LogP contribution in [0.5, 0.6) is 0 Å². The van der Waals surface area contributed by atoms with Crippen molar-refractivity contribution in [2.75, 3.05) is 11.5 Å². The first-order chi connectivity index (χ1) is 8.18. The fourth-order valence-electron chi connectivity index (χ4n) is 1.61. The molecule has 0 fully saturated rings. The molecule has 0 saturated carbocycles. The van der Waals surface area contributed by atoms with E-state index in [0.29, 0.717) is 11.1 Å². The third kappa shape index (κ3) is 2.88. The minimum Gasteiger partial charge on any atom is -0.383 e. The lowest BCUT2D eigenvalue weighted by molar-refractivity contribution is 0.620. The molecule has 2 aromatic rings. The third-order valence-electron chi connectivity index (χ3n) is 2.43. The molecule has 0 radical (unpaired) electrons. The maximum Gasteiger partial charge on any atom is 0.163 e. The van der Waals surface area contributed by atoms with Crippen LogP contribution in [0.15, 0.2) is 12.5 Å². The van der Waals surface area contributed by atoms with E-state index in [1.54, 1.807) is 6.20 Å². The molecule has 0 spiro atoms. The average Bonchev–Trinajstić information content (AvgIpc) is 2.69. The number of rotatable bonds is 5. The second kappa shape index (κ2) is 5.35. The molecule has 0 aliphatic heterocycles. The van der Waals surface area contributed by atoms with Gasteiger partial charge in [0.2, 0.25) is 0 Å². The van der Waals surface area contributed by atoms with Gasteiger partial charge in [-0.2, -0.15) is 16.9 Å². The Balaban J connectivity index is 2.02. The summed E-state index contributed by atoms with van der Waals surface area (Å²) in [6.45, 7) is 5.30. The monoisotopic (exact) mass is 251 g/mol. The highest BCUT2D eigenvalue weighted by Gasteiger charge is 2.06. The summed E-state index contributed by atoms with van der Waals surface area (Å²) in [5.41, 5.74) is 6.58. The van der Waals surface area contributed by atoms with Crippen LogP contribution in [-0.2, 0) is 6.54 Å². The molecular weight excluding hydrogens is 234 g/mol. The number of anilines is 1. The second-order valence-electron chi connectivity index (χ2n) is 4.14. The van der Waals surface area contributed by atoms with E-state index in [0.717, 1.165) is 29.8 Å². The standard InChI is InChI=1S/C11H17N5S/c1-8(2)17-5-3-4-16-11-9(6-15-16)10(12)13-7-14-11/h6-8H,3-5H2,1-2H3,(H2,12,13,14). The van der Waals surface area contributed by atoms with Crippen LogP contribution >= 0.6 is 11.8 Å². The van der Waals surface area contributed by atoms with E-state index >= 15 is 0 Å². The Morgan fingerprint density at radius 3 is 3.00 bits per heavy atom. The number of aromatic nitrogens is 4. The molecule has 0 aromatic carbocycles. The maximum absolute atomic E-state index is 5.76. The summed E-state index contributed by atoms with van der Waals surface area (Å²) in [5, 5.41) is 5.82. The molecule has 0 bridgehead atoms. The van der Waals surface area contributed by atoms with Crippen LogP contribution in [0.2, 0.25) is 0 Å². The zero-order chi connectivity index (χ0) is 12.3. The number of nitrogens with zero attached hydrogens (tertiary/aromatic N) is 4. The number of aryl methyl sites for hydroxylation is 1. The molecule has 5 nitrogen and oxygen atoms in total. The molecule has 0 aliphatic rings. The quantitative estimate of drug-likeness (QED) is 0.822. The Morgan fingerprint density at radius 1 is 1.41 bits per heavy atom. The average molecular weight is 251 g/mol. The van der Waals surface area contributed by atoms with Crippen molar-refractivity contribution < 1.29 is 0 Å². The molecule has 0 aliphatic carbocycles. The van der Waals surface area contributed by atoms with Crippen LogP contribution in [0, 0.1) is 0 Å². The Hall–Kier alpha value is -1.30. The fraction of sp³-hybridized carbons (Fsp3) is 0.545. The van der Waals surface area contributed by atoms with E-state index in [1.807, 2.05) is 16.4 Å². The van der Waals surface area contributed by atoms with Gasteiger partial charge in [0.05, 0.1) is 11.6 Å². The van der Waals surface area contributed by atoms with Gasteiger partial charge in [0.1, 0.15) is 12.1 Å². The molecule has 0 atom stereocenters. The van der Waals surface area contributed by atoms with Crippen LogP contribution in [0.25, 0.3) is 11.0 Å². The molecule has 17 heavy (non-hydrogen) atoms. The van der Waals surface area contributed by atoms with E-state index in [2.05, 4.69) is 28.9 Å². The number of hydrogen-bond donors (Lipinski definition) is 1. The number of hydrogen-bond acceptors (Lipinski definition) is 5. The van der Waals surface area contributed by atoms with Crippen molar-refractivity contribution in [1.82, 2.24) is 19.7 Å². The summed E-state index contributed by atoms with van der Waals surface area (Å²) in [6, 6.07) is 0. The van der Waals surface area contributed by atoms with E-state index in [4.69, 9.17) is 5.73 Å². The summed E-state index contributed by atoms with van der Waals surface area (Å²) < 4.78 is 1.90. The molecule has 0 saturated heterocycles. The lowest BCUT2D eigenvalue weighted by atomic mass is 10.4. The van der Waals surface area contributed by atoms with Gasteiger partial charge in [-0.15, -0.1) is 0 Å². The summed E-state index contributed by atoms with van der Waals surface area (Å²) in [5.74, 6) is 1.64. The molecule has 2 N–H and O–H groups in total. The van der Waals surface area contributed by atoms with Gasteiger partial charge in [-0.25, -0.2) is 14.6 Å². The van der Waals surface area contributed by atoms with Crippen LogP contribution in [-0.4, -0.2) is 30.8 Å². The zero-order valence-corrected chi connectivity index (χ0v) is 10.9. The van der Waals surface area contributed by atoms with E-state index in [9.17, 15) is 0 Å². The molecule has 92 valence electrons. The molecule has 2 aromatic heterocycles. The van der Waals surface area contributed by atoms with Crippen molar-refractivity contribution in [1.29, 1.82) is 0 Å². The Bertz CT molecular complexity index is 494. The van der Waals surface area contributed by atoms with Crippen LogP contribution in [0.3, 0.4) is 0 Å². The lowest BCUT2D eigenvalue weighted by Gasteiger charge is -2.05. The summed E-state index contributed by atoms with van der Waals surface area (Å²) in [6.07, 6.45) is 4.31.